The van der Waals surface area contributed by atoms with Crippen LogP contribution in [-0.2, 0) is 0 Å². The van der Waals surface area contributed by atoms with Crippen LogP contribution in [-0.4, -0.2) is 12.7 Å². The van der Waals surface area contributed by atoms with Gasteiger partial charge in [-0.15, -0.1) is 0 Å². The van der Waals surface area contributed by atoms with Crippen LogP contribution in [0.3, 0.4) is 0 Å². The van der Waals surface area contributed by atoms with Crippen LogP contribution >= 0.6 is 15.9 Å². The van der Waals surface area contributed by atoms with E-state index in [2.05, 4.69) is 23.8 Å². The molecule has 0 radical (unpaired) electrons. The number of rotatable bonds is 0. The van der Waals surface area contributed by atoms with Crippen molar-refractivity contribution in [2.75, 3.05) is 0 Å². The van der Waals surface area contributed by atoms with Gasteiger partial charge in [0.25, 0.3) is 0 Å². The molecule has 0 saturated heterocycles. The molecular weight excluding hydrogens is 127 g/mol. The fourth-order valence-corrected chi connectivity index (χ4v) is 0.866. The summed E-state index contributed by atoms with van der Waals surface area (Å²) in [7, 11) is 2.25. The Bertz CT molecular complexity index is 40.2. The minimum atomic E-state index is 0.863. The average molecular weight is 133 g/mol. The molecule has 0 nitrogen and oxygen atoms in total. The van der Waals surface area contributed by atoms with Crippen LogP contribution in [0.15, 0.2) is 0 Å². The van der Waals surface area contributed by atoms with E-state index in [-0.39, 0.29) is 0 Å². The maximum atomic E-state index is 3.45. The molecule has 0 aliphatic heterocycles. The van der Waals surface area contributed by atoms with E-state index in [1.54, 1.807) is 0 Å². The Morgan fingerprint density at radius 1 is 1.80 bits per heavy atom. The first kappa shape index (κ1) is 3.73. The molecule has 0 N–H and O–H groups in total. The first-order valence-corrected chi connectivity index (χ1v) is 2.86. The molecule has 0 aromatic heterocycles. The van der Waals surface area contributed by atoms with Crippen LogP contribution in [0.1, 0.15) is 6.42 Å². The third kappa shape index (κ3) is 0.687. The maximum Gasteiger partial charge on any atom is 0.106 e. The Morgan fingerprint density at radius 2 is 2.00 bits per heavy atom. The van der Waals surface area contributed by atoms with Gasteiger partial charge in [-0.05, 0) is 6.42 Å². The van der Waals surface area contributed by atoms with E-state index in [0.29, 0.717) is 0 Å². The van der Waals surface area contributed by atoms with Gasteiger partial charge < -0.3 is 0 Å². The third-order valence-electron chi connectivity index (χ3n) is 1.01. The molecule has 2 atom stereocenters. The Morgan fingerprint density at radius 3 is 2.00 bits per heavy atom. The van der Waals surface area contributed by atoms with Crippen LogP contribution < -0.4 is 0 Å². The third-order valence-corrected chi connectivity index (χ3v) is 2.29. The molecule has 5 heavy (non-hydrogen) atoms. The highest BCUT2D eigenvalue weighted by Crippen LogP contribution is 2.40. The fraction of sp³-hybridized carbons (Fsp3) is 1.00. The molecule has 1 aliphatic carbocycles. The largest absolute Gasteiger partial charge is 0.106 e. The van der Waals surface area contributed by atoms with E-state index in [9.17, 15) is 0 Å². The molecule has 2 heteroatoms. The fourth-order valence-electron chi connectivity index (χ4n) is 0.277. The summed E-state index contributed by atoms with van der Waals surface area (Å²) < 4.78 is 0. The van der Waals surface area contributed by atoms with Gasteiger partial charge in [-0.2, -0.15) is 0 Å². The lowest BCUT2D eigenvalue weighted by molar-refractivity contribution is 1.48. The van der Waals surface area contributed by atoms with Gasteiger partial charge in [-0.1, -0.05) is 21.7 Å². The van der Waals surface area contributed by atoms with Gasteiger partial charge in [0.05, 0.1) is 0 Å². The maximum absolute atomic E-state index is 3.45. The molecule has 1 fully saturated rings. The topological polar surface area (TPSA) is 0 Å². The lowest BCUT2D eigenvalue weighted by Gasteiger charge is -1.63. The van der Waals surface area contributed by atoms with Crippen molar-refractivity contribution in [1.82, 2.24) is 0 Å². The van der Waals surface area contributed by atoms with Crippen molar-refractivity contribution in [2.45, 2.75) is 17.1 Å². The van der Waals surface area contributed by atoms with Crippen molar-refractivity contribution in [3.8, 4) is 0 Å². The van der Waals surface area contributed by atoms with Gasteiger partial charge in [0.2, 0.25) is 0 Å². The zero-order valence-electron chi connectivity index (χ0n) is 3.24. The number of hydrogen-bond acceptors (Lipinski definition) is 0. The van der Waals surface area contributed by atoms with Crippen molar-refractivity contribution in [3.05, 3.63) is 0 Å². The second kappa shape index (κ2) is 1.00. The standard InChI is InChI=1S/C3H6BBr/c4-2-1-3(2)5/h2-3H,1,4H2. The monoisotopic (exact) mass is 132 g/mol. The Hall–Kier alpha value is 0.545. The van der Waals surface area contributed by atoms with Gasteiger partial charge in [0, 0.05) is 4.83 Å². The zero-order valence-corrected chi connectivity index (χ0v) is 4.83. The number of alkyl halides is 1. The summed E-state index contributed by atoms with van der Waals surface area (Å²) in [6.07, 6.45) is 1.39. The van der Waals surface area contributed by atoms with Crippen LogP contribution in [0, 0.1) is 0 Å². The van der Waals surface area contributed by atoms with Crippen molar-refractivity contribution < 1.29 is 0 Å². The van der Waals surface area contributed by atoms with Gasteiger partial charge in [-0.3, -0.25) is 0 Å². The summed E-state index contributed by atoms with van der Waals surface area (Å²) in [5.41, 5.74) is 0. The molecule has 1 saturated carbocycles. The highest BCUT2D eigenvalue weighted by atomic mass is 79.9. The molecule has 1 rings (SSSR count). The molecule has 0 aromatic carbocycles. The molecule has 0 aromatic rings. The molecular formula is C3H6BBr. The quantitative estimate of drug-likeness (QED) is 0.334. The second-order valence-corrected chi connectivity index (χ2v) is 2.91. The van der Waals surface area contributed by atoms with E-state index in [1.807, 2.05) is 0 Å². The highest BCUT2D eigenvalue weighted by molar-refractivity contribution is 9.09. The zero-order chi connectivity index (χ0) is 3.86. The molecule has 0 spiro atoms. The minimum absolute atomic E-state index is 0.863. The molecule has 2 unspecified atom stereocenters. The summed E-state index contributed by atoms with van der Waals surface area (Å²) in [6, 6.07) is 0. The van der Waals surface area contributed by atoms with E-state index in [4.69, 9.17) is 0 Å². The molecule has 28 valence electrons. The number of hydrogen-bond donors (Lipinski definition) is 0. The van der Waals surface area contributed by atoms with E-state index < -0.39 is 0 Å². The Labute approximate surface area is 41.5 Å². The van der Waals surface area contributed by atoms with Crippen LogP contribution in [0.5, 0.6) is 0 Å². The minimum Gasteiger partial charge on any atom is -0.0896 e. The molecule has 1 aliphatic rings. The highest BCUT2D eigenvalue weighted by Gasteiger charge is 2.28. The van der Waals surface area contributed by atoms with Gasteiger partial charge in [0.1, 0.15) is 7.85 Å². The molecule has 0 bridgehead atoms. The normalized spacial score (nSPS) is 49.0. The van der Waals surface area contributed by atoms with Crippen molar-refractivity contribution in [2.24, 2.45) is 0 Å². The SMILES string of the molecule is BC1CC1Br. The van der Waals surface area contributed by atoms with Crippen molar-refractivity contribution in [1.29, 1.82) is 0 Å². The van der Waals surface area contributed by atoms with Crippen molar-refractivity contribution in [3.63, 3.8) is 0 Å². The summed E-state index contributed by atoms with van der Waals surface area (Å²) in [6.45, 7) is 0. The predicted octanol–water partition coefficient (Wildman–Crippen LogP) is 0.575. The van der Waals surface area contributed by atoms with E-state index in [1.165, 1.54) is 6.42 Å². The molecule has 0 heterocycles. The summed E-state index contributed by atoms with van der Waals surface area (Å²) in [4.78, 5) is 0.863. The van der Waals surface area contributed by atoms with Gasteiger partial charge in [-0.25, -0.2) is 0 Å². The Kier molecular flexibility index (Phi) is 0.748. The smallest absolute Gasteiger partial charge is 0.0896 e. The predicted molar refractivity (Wildman–Crippen MR) is 29.6 cm³/mol. The second-order valence-electron chi connectivity index (χ2n) is 1.73. The summed E-state index contributed by atoms with van der Waals surface area (Å²) in [5, 5.41) is 0. The van der Waals surface area contributed by atoms with Crippen LogP contribution in [0.4, 0.5) is 0 Å². The first-order chi connectivity index (χ1) is 2.30. The van der Waals surface area contributed by atoms with Crippen molar-refractivity contribution >= 4 is 23.8 Å². The first-order valence-electron chi connectivity index (χ1n) is 1.95. The van der Waals surface area contributed by atoms with Gasteiger partial charge in [0.15, 0.2) is 0 Å². The molecule has 0 amide bonds. The van der Waals surface area contributed by atoms with E-state index in [0.717, 1.165) is 10.6 Å². The summed E-state index contributed by atoms with van der Waals surface area (Å²) in [5.74, 6) is 0.968. The van der Waals surface area contributed by atoms with Crippen LogP contribution in [0.2, 0.25) is 5.82 Å². The lowest BCUT2D eigenvalue weighted by atomic mass is 10.0. The Balaban J connectivity index is 2.20. The average Bonchev–Trinajstić information content (AvgIpc) is 1.79. The summed E-state index contributed by atoms with van der Waals surface area (Å²) >= 11 is 3.45. The lowest BCUT2D eigenvalue weighted by Crippen LogP contribution is -1.61. The van der Waals surface area contributed by atoms with Crippen LogP contribution in [0.25, 0.3) is 0 Å². The number of halogens is 1. The van der Waals surface area contributed by atoms with E-state index >= 15 is 0 Å². The van der Waals surface area contributed by atoms with Gasteiger partial charge >= 0.3 is 0 Å².